The van der Waals surface area contributed by atoms with Gasteiger partial charge in [-0.15, -0.1) is 0 Å². The summed E-state index contributed by atoms with van der Waals surface area (Å²) in [7, 11) is 0. The number of hydrogen-bond acceptors (Lipinski definition) is 6. The molecule has 1 N–H and O–H groups in total. The number of rotatable bonds is 5. The minimum atomic E-state index is -0.447. The first-order chi connectivity index (χ1) is 12.4. The van der Waals surface area contributed by atoms with Gasteiger partial charge in [0.25, 0.3) is 5.69 Å². The molecule has 1 aliphatic rings. The smallest absolute Gasteiger partial charge is 0.292 e. The molecule has 1 aliphatic heterocycles. The third-order valence-corrected chi connectivity index (χ3v) is 4.08. The van der Waals surface area contributed by atoms with E-state index < -0.39 is 4.92 Å². The molecule has 2 heterocycles. The van der Waals surface area contributed by atoms with Crippen molar-refractivity contribution in [2.45, 2.75) is 32.6 Å². The molecule has 138 valence electrons. The minimum Gasteiger partial charge on any atom is -0.372 e. The lowest BCUT2D eigenvalue weighted by atomic mass is 10.2. The number of hydrogen-bond donors (Lipinski definition) is 1. The lowest BCUT2D eigenvalue weighted by Crippen LogP contribution is -2.49. The van der Waals surface area contributed by atoms with Crippen LogP contribution in [0.15, 0.2) is 36.7 Å². The number of nitro benzene ring substituents is 1. The third-order valence-electron chi connectivity index (χ3n) is 4.08. The van der Waals surface area contributed by atoms with Crippen LogP contribution in [-0.4, -0.2) is 50.8 Å². The number of ether oxygens (including phenoxy) is 1. The van der Waals surface area contributed by atoms with Gasteiger partial charge in [0.2, 0.25) is 5.91 Å². The molecule has 0 saturated carbocycles. The zero-order valence-electron chi connectivity index (χ0n) is 14.7. The number of anilines is 2. The lowest BCUT2D eigenvalue weighted by Gasteiger charge is -2.35. The fraction of sp³-hybridized carbons (Fsp3) is 0.412. The number of benzene rings is 1. The summed E-state index contributed by atoms with van der Waals surface area (Å²) < 4.78 is 7.15. The largest absolute Gasteiger partial charge is 0.372 e. The second kappa shape index (κ2) is 7.52. The molecule has 9 nitrogen and oxygen atoms in total. The van der Waals surface area contributed by atoms with Gasteiger partial charge >= 0.3 is 0 Å². The Bertz CT molecular complexity index is 796. The van der Waals surface area contributed by atoms with Crippen molar-refractivity contribution in [3.63, 3.8) is 0 Å². The summed E-state index contributed by atoms with van der Waals surface area (Å²) in [6.45, 7) is 5.12. The van der Waals surface area contributed by atoms with Gasteiger partial charge in [-0.3, -0.25) is 19.6 Å². The normalized spacial score (nSPS) is 20.0. The molecule has 1 aromatic heterocycles. The van der Waals surface area contributed by atoms with Gasteiger partial charge in [0.15, 0.2) is 0 Å². The van der Waals surface area contributed by atoms with E-state index in [1.165, 1.54) is 16.9 Å². The maximum Gasteiger partial charge on any atom is 0.292 e. The summed E-state index contributed by atoms with van der Waals surface area (Å²) in [5.41, 5.74) is 0.933. The van der Waals surface area contributed by atoms with E-state index in [0.29, 0.717) is 24.5 Å². The molecule has 1 amide bonds. The summed E-state index contributed by atoms with van der Waals surface area (Å²) in [6, 6.07) is 6.37. The van der Waals surface area contributed by atoms with Gasteiger partial charge in [-0.1, -0.05) is 12.1 Å². The number of para-hydroxylation sites is 2. The van der Waals surface area contributed by atoms with E-state index in [-0.39, 0.29) is 30.3 Å². The highest BCUT2D eigenvalue weighted by atomic mass is 16.6. The highest BCUT2D eigenvalue weighted by molar-refractivity contribution is 5.76. The third kappa shape index (κ3) is 4.17. The van der Waals surface area contributed by atoms with Gasteiger partial charge in [0.05, 0.1) is 29.0 Å². The van der Waals surface area contributed by atoms with Crippen molar-refractivity contribution < 1.29 is 14.5 Å². The van der Waals surface area contributed by atoms with Crippen LogP contribution in [0.3, 0.4) is 0 Å². The molecule has 1 saturated heterocycles. The maximum absolute atomic E-state index is 12.5. The van der Waals surface area contributed by atoms with Crippen molar-refractivity contribution in [1.29, 1.82) is 0 Å². The van der Waals surface area contributed by atoms with Crippen molar-refractivity contribution >= 4 is 23.0 Å². The summed E-state index contributed by atoms with van der Waals surface area (Å²) in [4.78, 5) is 24.9. The minimum absolute atomic E-state index is 0.0104. The van der Waals surface area contributed by atoms with Crippen LogP contribution in [0.4, 0.5) is 17.1 Å². The van der Waals surface area contributed by atoms with Crippen molar-refractivity contribution in [2.24, 2.45) is 0 Å². The van der Waals surface area contributed by atoms with E-state index in [1.54, 1.807) is 29.3 Å². The first kappa shape index (κ1) is 17.9. The molecule has 0 radical (unpaired) electrons. The van der Waals surface area contributed by atoms with Gasteiger partial charge in [-0.05, 0) is 19.9 Å². The zero-order valence-corrected chi connectivity index (χ0v) is 14.7. The highest BCUT2D eigenvalue weighted by Gasteiger charge is 2.26. The summed E-state index contributed by atoms with van der Waals surface area (Å²) in [5, 5.41) is 18.2. The van der Waals surface area contributed by atoms with Crippen LogP contribution < -0.4 is 5.32 Å². The van der Waals surface area contributed by atoms with Crippen molar-refractivity contribution in [3.8, 4) is 0 Å². The SMILES string of the molecule is CC1CN(C(=O)Cn2cc(Nc3ccccc3[N+](=O)[O-])cn2)CC(C)O1. The van der Waals surface area contributed by atoms with E-state index in [0.717, 1.165) is 0 Å². The van der Waals surface area contributed by atoms with Gasteiger partial charge in [0, 0.05) is 25.4 Å². The number of nitrogens with zero attached hydrogens (tertiary/aromatic N) is 4. The average molecular weight is 359 g/mol. The van der Waals surface area contributed by atoms with Crippen molar-refractivity contribution in [2.75, 3.05) is 18.4 Å². The number of nitrogens with one attached hydrogen (secondary N) is 1. The Morgan fingerprint density at radius 1 is 1.35 bits per heavy atom. The molecule has 1 aromatic carbocycles. The molecule has 2 atom stereocenters. The predicted molar refractivity (Wildman–Crippen MR) is 95.2 cm³/mol. The number of amides is 1. The van der Waals surface area contributed by atoms with E-state index in [2.05, 4.69) is 10.4 Å². The zero-order chi connectivity index (χ0) is 18.7. The Hall–Kier alpha value is -2.94. The second-order valence-electron chi connectivity index (χ2n) is 6.38. The Kier molecular flexibility index (Phi) is 5.17. The molecule has 9 heteroatoms. The maximum atomic E-state index is 12.5. The van der Waals surface area contributed by atoms with Crippen LogP contribution in [0.25, 0.3) is 0 Å². The first-order valence-electron chi connectivity index (χ1n) is 8.38. The summed E-state index contributed by atoms with van der Waals surface area (Å²) in [5.74, 6) is -0.0349. The topological polar surface area (TPSA) is 103 Å². The molecule has 0 bridgehead atoms. The number of aromatic nitrogens is 2. The molecule has 0 spiro atoms. The fourth-order valence-electron chi connectivity index (χ4n) is 3.03. The number of carbonyl (C=O) groups is 1. The number of nitro groups is 1. The predicted octanol–water partition coefficient (Wildman–Crippen LogP) is 2.17. The van der Waals surface area contributed by atoms with Crippen LogP contribution in [0.2, 0.25) is 0 Å². The highest BCUT2D eigenvalue weighted by Crippen LogP contribution is 2.26. The van der Waals surface area contributed by atoms with Crippen LogP contribution in [0.1, 0.15) is 13.8 Å². The van der Waals surface area contributed by atoms with Crippen LogP contribution in [-0.2, 0) is 16.1 Å². The average Bonchev–Trinajstić information content (AvgIpc) is 3.01. The molecular weight excluding hydrogens is 338 g/mol. The molecule has 2 unspecified atom stereocenters. The van der Waals surface area contributed by atoms with E-state index in [1.807, 2.05) is 13.8 Å². The Morgan fingerprint density at radius 3 is 2.73 bits per heavy atom. The quantitative estimate of drug-likeness (QED) is 0.648. The van der Waals surface area contributed by atoms with E-state index in [4.69, 9.17) is 4.74 Å². The molecule has 1 fully saturated rings. The van der Waals surface area contributed by atoms with E-state index >= 15 is 0 Å². The van der Waals surface area contributed by atoms with Gasteiger partial charge in [-0.25, -0.2) is 0 Å². The van der Waals surface area contributed by atoms with Gasteiger partial charge in [0.1, 0.15) is 12.2 Å². The Balaban J connectivity index is 1.65. The fourth-order valence-corrected chi connectivity index (χ4v) is 3.03. The first-order valence-corrected chi connectivity index (χ1v) is 8.38. The number of morpholine rings is 1. The molecular formula is C17H21N5O4. The Labute approximate surface area is 150 Å². The molecule has 0 aliphatic carbocycles. The lowest BCUT2D eigenvalue weighted by molar-refractivity contribution is -0.383. The van der Waals surface area contributed by atoms with Crippen molar-refractivity contribution in [1.82, 2.24) is 14.7 Å². The Morgan fingerprint density at radius 2 is 2.04 bits per heavy atom. The van der Waals surface area contributed by atoms with Crippen LogP contribution in [0, 0.1) is 10.1 Å². The molecule has 2 aromatic rings. The van der Waals surface area contributed by atoms with Gasteiger partial charge in [-0.2, -0.15) is 5.10 Å². The summed E-state index contributed by atoms with van der Waals surface area (Å²) in [6.07, 6.45) is 3.21. The molecule has 3 rings (SSSR count). The summed E-state index contributed by atoms with van der Waals surface area (Å²) >= 11 is 0. The van der Waals surface area contributed by atoms with Gasteiger partial charge < -0.3 is 15.0 Å². The second-order valence-corrected chi connectivity index (χ2v) is 6.38. The standard InChI is InChI=1S/C17H21N5O4/c1-12-8-20(9-13(2)26-12)17(23)11-21-10-14(7-18-21)19-15-5-3-4-6-16(15)22(24)25/h3-7,10,12-13,19H,8-9,11H2,1-2H3. The monoisotopic (exact) mass is 359 g/mol. The molecule has 26 heavy (non-hydrogen) atoms. The van der Waals surface area contributed by atoms with E-state index in [9.17, 15) is 14.9 Å². The van der Waals surface area contributed by atoms with Crippen molar-refractivity contribution in [3.05, 3.63) is 46.8 Å². The number of carbonyl (C=O) groups excluding carboxylic acids is 1. The van der Waals surface area contributed by atoms with Crippen LogP contribution in [0.5, 0.6) is 0 Å². The van der Waals surface area contributed by atoms with Crippen LogP contribution >= 0.6 is 0 Å².